The number of rotatable bonds is 4. The molecule has 80 valence electrons. The zero-order valence-electron chi connectivity index (χ0n) is 8.56. The van der Waals surface area contributed by atoms with E-state index in [-0.39, 0.29) is 5.92 Å². The Bertz CT molecular complexity index is 335. The fraction of sp³-hybridized carbons (Fsp3) is 0.333. The first-order valence-corrected chi connectivity index (χ1v) is 5.08. The summed E-state index contributed by atoms with van der Waals surface area (Å²) in [4.78, 5) is 0. The molecule has 0 bridgehead atoms. The Morgan fingerprint density at radius 1 is 1.27 bits per heavy atom. The smallest absolute Gasteiger partial charge is 0.229 e. The third-order valence-electron chi connectivity index (χ3n) is 2.50. The lowest BCUT2D eigenvalue weighted by Gasteiger charge is -2.14. The van der Waals surface area contributed by atoms with Crippen LogP contribution in [0.15, 0.2) is 42.4 Å². The third-order valence-corrected chi connectivity index (χ3v) is 2.50. The van der Waals surface area contributed by atoms with Crippen molar-refractivity contribution in [2.24, 2.45) is 11.7 Å². The average Bonchev–Trinajstić information content (AvgIpc) is 2.81. The highest BCUT2D eigenvalue weighted by Crippen LogP contribution is 2.20. The highest BCUT2D eigenvalue weighted by molar-refractivity contribution is 5.17. The van der Waals surface area contributed by atoms with E-state index in [2.05, 4.69) is 12.1 Å². The number of hydrogen-bond donors (Lipinski definition) is 1. The van der Waals surface area contributed by atoms with Crippen LogP contribution in [-0.4, -0.2) is 13.3 Å². The van der Waals surface area contributed by atoms with Crippen molar-refractivity contribution >= 4 is 0 Å². The molecule has 1 aliphatic rings. The number of hydrogen-bond acceptors (Lipinski definition) is 3. The van der Waals surface area contributed by atoms with Gasteiger partial charge in [0.15, 0.2) is 0 Å². The number of benzene rings is 1. The minimum Gasteiger partial charge on any atom is -0.462 e. The van der Waals surface area contributed by atoms with Crippen LogP contribution in [0.3, 0.4) is 0 Å². The van der Waals surface area contributed by atoms with Crippen LogP contribution < -0.4 is 5.73 Å². The molecule has 1 heterocycles. The molecule has 1 aromatic carbocycles. The van der Waals surface area contributed by atoms with E-state index in [1.54, 1.807) is 6.26 Å². The van der Waals surface area contributed by atoms with E-state index in [4.69, 9.17) is 15.2 Å². The molecule has 3 heteroatoms. The Labute approximate surface area is 89.5 Å². The second-order valence-electron chi connectivity index (χ2n) is 3.57. The van der Waals surface area contributed by atoms with Gasteiger partial charge < -0.3 is 15.2 Å². The standard InChI is InChI=1S/C12H15NO2/c13-7-11(12-8-14-9-15-12)6-10-4-2-1-3-5-10/h1-5,8,11H,6-7,9,13H2. The molecule has 2 rings (SSSR count). The first kappa shape index (κ1) is 10.1. The van der Waals surface area contributed by atoms with Gasteiger partial charge in [-0.05, 0) is 12.0 Å². The van der Waals surface area contributed by atoms with Gasteiger partial charge in [0.25, 0.3) is 0 Å². The second-order valence-corrected chi connectivity index (χ2v) is 3.57. The van der Waals surface area contributed by atoms with Gasteiger partial charge in [-0.1, -0.05) is 30.3 Å². The van der Waals surface area contributed by atoms with Crippen molar-refractivity contribution in [2.45, 2.75) is 6.42 Å². The molecule has 1 unspecified atom stereocenters. The minimum atomic E-state index is 0.217. The zero-order chi connectivity index (χ0) is 10.5. The normalized spacial score (nSPS) is 16.5. The minimum absolute atomic E-state index is 0.217. The predicted octanol–water partition coefficient (Wildman–Crippen LogP) is 1.65. The predicted molar refractivity (Wildman–Crippen MR) is 57.8 cm³/mol. The Balaban J connectivity index is 2.02. The van der Waals surface area contributed by atoms with E-state index in [9.17, 15) is 0 Å². The van der Waals surface area contributed by atoms with Crippen LogP contribution in [0.2, 0.25) is 0 Å². The van der Waals surface area contributed by atoms with Crippen molar-refractivity contribution in [2.75, 3.05) is 13.3 Å². The maximum Gasteiger partial charge on any atom is 0.229 e. The van der Waals surface area contributed by atoms with Gasteiger partial charge in [0.05, 0.1) is 0 Å². The summed E-state index contributed by atoms with van der Waals surface area (Å²) in [5, 5.41) is 0. The highest BCUT2D eigenvalue weighted by atomic mass is 16.7. The Morgan fingerprint density at radius 3 is 2.67 bits per heavy atom. The third kappa shape index (κ3) is 2.50. The lowest BCUT2D eigenvalue weighted by Crippen LogP contribution is -2.19. The van der Waals surface area contributed by atoms with E-state index >= 15 is 0 Å². The molecule has 1 atom stereocenters. The second kappa shape index (κ2) is 4.84. The Hall–Kier alpha value is -1.48. The quantitative estimate of drug-likeness (QED) is 0.812. The van der Waals surface area contributed by atoms with Gasteiger partial charge in [-0.2, -0.15) is 0 Å². The first-order valence-electron chi connectivity index (χ1n) is 5.08. The van der Waals surface area contributed by atoms with Gasteiger partial charge in [-0.25, -0.2) is 0 Å². The summed E-state index contributed by atoms with van der Waals surface area (Å²) in [5.74, 6) is 1.08. The fourth-order valence-corrected chi connectivity index (χ4v) is 1.67. The van der Waals surface area contributed by atoms with Crippen LogP contribution in [-0.2, 0) is 15.9 Å². The summed E-state index contributed by atoms with van der Waals surface area (Å²) in [6.45, 7) is 0.894. The molecule has 0 saturated heterocycles. The van der Waals surface area contributed by atoms with E-state index in [0.29, 0.717) is 13.3 Å². The van der Waals surface area contributed by atoms with Crippen molar-refractivity contribution < 1.29 is 9.47 Å². The van der Waals surface area contributed by atoms with Crippen LogP contribution >= 0.6 is 0 Å². The van der Waals surface area contributed by atoms with Crippen molar-refractivity contribution in [3.63, 3.8) is 0 Å². The summed E-state index contributed by atoms with van der Waals surface area (Å²) in [7, 11) is 0. The first-order chi connectivity index (χ1) is 7.40. The molecule has 0 aromatic heterocycles. The zero-order valence-corrected chi connectivity index (χ0v) is 8.56. The van der Waals surface area contributed by atoms with Crippen LogP contribution in [0.4, 0.5) is 0 Å². The Morgan fingerprint density at radius 2 is 2.07 bits per heavy atom. The summed E-state index contributed by atoms with van der Waals surface area (Å²) in [6, 6.07) is 10.3. The van der Waals surface area contributed by atoms with Crippen molar-refractivity contribution in [1.29, 1.82) is 0 Å². The van der Waals surface area contributed by atoms with Gasteiger partial charge >= 0.3 is 0 Å². The van der Waals surface area contributed by atoms with E-state index in [1.807, 2.05) is 18.2 Å². The van der Waals surface area contributed by atoms with E-state index in [1.165, 1.54) is 5.56 Å². The molecule has 0 spiro atoms. The van der Waals surface area contributed by atoms with Crippen molar-refractivity contribution in [3.8, 4) is 0 Å². The van der Waals surface area contributed by atoms with Gasteiger partial charge in [0, 0.05) is 12.5 Å². The van der Waals surface area contributed by atoms with Gasteiger partial charge in [-0.3, -0.25) is 0 Å². The molecule has 15 heavy (non-hydrogen) atoms. The van der Waals surface area contributed by atoms with Gasteiger partial charge in [0.1, 0.15) is 12.0 Å². The molecule has 1 aliphatic heterocycles. The van der Waals surface area contributed by atoms with Crippen molar-refractivity contribution in [3.05, 3.63) is 47.9 Å². The Kier molecular flexibility index (Phi) is 3.25. The lowest BCUT2D eigenvalue weighted by atomic mass is 9.98. The summed E-state index contributed by atoms with van der Waals surface area (Å²) < 4.78 is 10.4. The molecule has 0 radical (unpaired) electrons. The summed E-state index contributed by atoms with van der Waals surface area (Å²) in [5.41, 5.74) is 6.99. The molecule has 0 fully saturated rings. The molecule has 0 saturated carbocycles. The molecule has 0 amide bonds. The lowest BCUT2D eigenvalue weighted by molar-refractivity contribution is 0.0710. The van der Waals surface area contributed by atoms with E-state index < -0.39 is 0 Å². The maximum atomic E-state index is 5.72. The monoisotopic (exact) mass is 205 g/mol. The SMILES string of the molecule is NCC(Cc1ccccc1)C1=COCO1. The molecule has 1 aromatic rings. The summed E-state index contributed by atoms with van der Waals surface area (Å²) in [6.07, 6.45) is 2.56. The summed E-state index contributed by atoms with van der Waals surface area (Å²) >= 11 is 0. The molecule has 3 nitrogen and oxygen atoms in total. The van der Waals surface area contributed by atoms with Crippen LogP contribution in [0.25, 0.3) is 0 Å². The largest absolute Gasteiger partial charge is 0.462 e. The number of ether oxygens (including phenoxy) is 2. The van der Waals surface area contributed by atoms with Crippen molar-refractivity contribution in [1.82, 2.24) is 0 Å². The van der Waals surface area contributed by atoms with Crippen LogP contribution in [0.1, 0.15) is 5.56 Å². The average molecular weight is 205 g/mol. The van der Waals surface area contributed by atoms with Crippen LogP contribution in [0.5, 0.6) is 0 Å². The molecule has 0 aliphatic carbocycles. The molecule has 2 N–H and O–H groups in total. The van der Waals surface area contributed by atoms with Crippen LogP contribution in [0, 0.1) is 5.92 Å². The maximum absolute atomic E-state index is 5.72. The highest BCUT2D eigenvalue weighted by Gasteiger charge is 2.18. The fourth-order valence-electron chi connectivity index (χ4n) is 1.67. The van der Waals surface area contributed by atoms with Gasteiger partial charge in [0.2, 0.25) is 6.79 Å². The number of nitrogens with two attached hydrogens (primary N) is 1. The van der Waals surface area contributed by atoms with Gasteiger partial charge in [-0.15, -0.1) is 0 Å². The topological polar surface area (TPSA) is 44.5 Å². The molecular weight excluding hydrogens is 190 g/mol. The van der Waals surface area contributed by atoms with E-state index in [0.717, 1.165) is 12.2 Å². The molecular formula is C12H15NO2.